The standard InChI is InChI=1S/C20H20BrNO3/c1-12(2)13-4-6-14(7-5-13)18(23)11-20(25)16-10-15(21)8-9-17(16)22(3)19(20)24/h4-10,12,25H,11H2,1-3H3/t20-/m1/s1. The fourth-order valence-corrected chi connectivity index (χ4v) is 3.55. The number of anilines is 1. The van der Waals surface area contributed by atoms with E-state index >= 15 is 0 Å². The molecule has 25 heavy (non-hydrogen) atoms. The van der Waals surface area contributed by atoms with Crippen LogP contribution in [0, 0.1) is 0 Å². The first-order valence-electron chi connectivity index (χ1n) is 8.18. The minimum atomic E-state index is -1.83. The summed E-state index contributed by atoms with van der Waals surface area (Å²) in [6, 6.07) is 12.6. The van der Waals surface area contributed by atoms with Crippen molar-refractivity contribution in [2.75, 3.05) is 11.9 Å². The largest absolute Gasteiger partial charge is 0.375 e. The van der Waals surface area contributed by atoms with E-state index in [0.29, 0.717) is 22.7 Å². The molecule has 1 N–H and O–H groups in total. The van der Waals surface area contributed by atoms with E-state index in [4.69, 9.17) is 0 Å². The van der Waals surface area contributed by atoms with Crippen LogP contribution in [-0.4, -0.2) is 23.8 Å². The molecular formula is C20H20BrNO3. The lowest BCUT2D eigenvalue weighted by atomic mass is 9.87. The second-order valence-electron chi connectivity index (χ2n) is 6.76. The van der Waals surface area contributed by atoms with Crippen LogP contribution in [0.15, 0.2) is 46.9 Å². The number of carbonyl (C=O) groups is 2. The molecule has 1 aliphatic rings. The van der Waals surface area contributed by atoms with Crippen molar-refractivity contribution in [3.8, 4) is 0 Å². The van der Waals surface area contributed by atoms with Gasteiger partial charge in [-0.3, -0.25) is 9.59 Å². The molecule has 1 heterocycles. The molecule has 0 aliphatic carbocycles. The number of hydrogen-bond donors (Lipinski definition) is 1. The Labute approximate surface area is 155 Å². The van der Waals surface area contributed by atoms with Crippen LogP contribution in [0.2, 0.25) is 0 Å². The van der Waals surface area contributed by atoms with Gasteiger partial charge in [0.05, 0.1) is 12.1 Å². The fraction of sp³-hybridized carbons (Fsp3) is 0.300. The summed E-state index contributed by atoms with van der Waals surface area (Å²) in [5, 5.41) is 11.0. The zero-order chi connectivity index (χ0) is 18.4. The zero-order valence-corrected chi connectivity index (χ0v) is 16.0. The third-order valence-corrected chi connectivity index (χ3v) is 5.23. The van der Waals surface area contributed by atoms with Crippen LogP contribution < -0.4 is 4.90 Å². The monoisotopic (exact) mass is 401 g/mol. The summed E-state index contributed by atoms with van der Waals surface area (Å²) in [4.78, 5) is 26.7. The van der Waals surface area contributed by atoms with Crippen molar-refractivity contribution >= 4 is 33.3 Å². The molecule has 130 valence electrons. The number of carbonyl (C=O) groups excluding carboxylic acids is 2. The predicted octanol–water partition coefficient (Wildman–Crippen LogP) is 4.01. The number of rotatable bonds is 4. The molecule has 1 aliphatic heterocycles. The average Bonchev–Trinajstić information content (AvgIpc) is 2.76. The Kier molecular flexibility index (Phi) is 4.56. The number of nitrogens with zero attached hydrogens (tertiary/aromatic N) is 1. The van der Waals surface area contributed by atoms with Gasteiger partial charge >= 0.3 is 0 Å². The molecule has 0 saturated heterocycles. The summed E-state index contributed by atoms with van der Waals surface area (Å²) < 4.78 is 0.751. The Hall–Kier alpha value is -1.98. The number of aliphatic hydroxyl groups is 1. The number of ketones is 1. The van der Waals surface area contributed by atoms with E-state index in [9.17, 15) is 14.7 Å². The van der Waals surface area contributed by atoms with Crippen LogP contribution in [-0.2, 0) is 10.4 Å². The topological polar surface area (TPSA) is 57.6 Å². The van der Waals surface area contributed by atoms with Crippen LogP contribution in [0.1, 0.15) is 47.7 Å². The molecule has 0 radical (unpaired) electrons. The maximum Gasteiger partial charge on any atom is 0.263 e. The van der Waals surface area contributed by atoms with Gasteiger partial charge in [0.1, 0.15) is 0 Å². The van der Waals surface area contributed by atoms with Gasteiger partial charge in [-0.2, -0.15) is 0 Å². The van der Waals surface area contributed by atoms with Crippen molar-refractivity contribution in [1.29, 1.82) is 0 Å². The zero-order valence-electron chi connectivity index (χ0n) is 14.4. The Morgan fingerprint density at radius 1 is 1.20 bits per heavy atom. The molecule has 0 saturated carbocycles. The number of amides is 1. The highest BCUT2D eigenvalue weighted by Gasteiger charge is 2.49. The molecule has 3 rings (SSSR count). The smallest absolute Gasteiger partial charge is 0.263 e. The third kappa shape index (κ3) is 3.02. The van der Waals surface area contributed by atoms with Crippen LogP contribution >= 0.6 is 15.9 Å². The fourth-order valence-electron chi connectivity index (χ4n) is 3.19. The maximum atomic E-state index is 12.7. The molecule has 4 nitrogen and oxygen atoms in total. The molecule has 1 amide bonds. The number of fused-ring (bicyclic) bond motifs is 1. The lowest BCUT2D eigenvalue weighted by Crippen LogP contribution is -2.40. The van der Waals surface area contributed by atoms with Gasteiger partial charge in [-0.1, -0.05) is 54.0 Å². The molecule has 0 fully saturated rings. The molecule has 1 atom stereocenters. The Bertz CT molecular complexity index is 845. The van der Waals surface area contributed by atoms with Crippen molar-refractivity contribution in [3.05, 3.63) is 63.6 Å². The van der Waals surface area contributed by atoms with E-state index in [1.165, 1.54) is 4.90 Å². The van der Waals surface area contributed by atoms with E-state index in [0.717, 1.165) is 10.0 Å². The molecule has 0 aromatic heterocycles. The van der Waals surface area contributed by atoms with Crippen LogP contribution in [0.3, 0.4) is 0 Å². The summed E-state index contributed by atoms with van der Waals surface area (Å²) >= 11 is 3.36. The average molecular weight is 402 g/mol. The first kappa shape index (κ1) is 17.8. The lowest BCUT2D eigenvalue weighted by Gasteiger charge is -2.21. The highest BCUT2D eigenvalue weighted by Crippen LogP contribution is 2.43. The van der Waals surface area contributed by atoms with Gasteiger partial charge in [0, 0.05) is 22.6 Å². The normalized spacial score (nSPS) is 19.4. The van der Waals surface area contributed by atoms with Gasteiger partial charge < -0.3 is 10.0 Å². The molecule has 5 heteroatoms. The molecule has 0 spiro atoms. The number of benzene rings is 2. The Balaban J connectivity index is 1.93. The quantitative estimate of drug-likeness (QED) is 0.787. The van der Waals surface area contributed by atoms with Gasteiger partial charge in [0.15, 0.2) is 11.4 Å². The SMILES string of the molecule is CC(C)c1ccc(C(=O)C[C@]2(O)C(=O)N(C)c3ccc(Br)cc32)cc1. The molecule has 2 aromatic carbocycles. The van der Waals surface area contributed by atoms with Gasteiger partial charge in [-0.25, -0.2) is 0 Å². The minimum absolute atomic E-state index is 0.257. The van der Waals surface area contributed by atoms with Gasteiger partial charge in [-0.15, -0.1) is 0 Å². The van der Waals surface area contributed by atoms with Crippen molar-refractivity contribution in [2.45, 2.75) is 31.8 Å². The number of halogens is 1. The highest BCUT2D eigenvalue weighted by molar-refractivity contribution is 9.10. The number of hydrogen-bond acceptors (Lipinski definition) is 3. The van der Waals surface area contributed by atoms with Crippen molar-refractivity contribution < 1.29 is 14.7 Å². The van der Waals surface area contributed by atoms with E-state index in [2.05, 4.69) is 29.8 Å². The highest BCUT2D eigenvalue weighted by atomic mass is 79.9. The summed E-state index contributed by atoms with van der Waals surface area (Å²) in [6.07, 6.45) is -0.277. The van der Waals surface area contributed by atoms with Crippen LogP contribution in [0.5, 0.6) is 0 Å². The number of Topliss-reactive ketones (excluding diaryl/α,β-unsaturated/α-hetero) is 1. The van der Waals surface area contributed by atoms with E-state index in [-0.39, 0.29) is 12.2 Å². The number of likely N-dealkylation sites (N-methyl/N-ethyl adjacent to an activating group) is 1. The van der Waals surface area contributed by atoms with Crippen LogP contribution in [0.25, 0.3) is 0 Å². The molecule has 0 bridgehead atoms. The van der Waals surface area contributed by atoms with E-state index in [1.807, 2.05) is 12.1 Å². The summed E-state index contributed by atoms with van der Waals surface area (Å²) in [5.74, 6) is -0.359. The van der Waals surface area contributed by atoms with Gasteiger partial charge in [0.2, 0.25) is 0 Å². The van der Waals surface area contributed by atoms with Crippen molar-refractivity contribution in [1.82, 2.24) is 0 Å². The first-order chi connectivity index (χ1) is 11.7. The van der Waals surface area contributed by atoms with Crippen LogP contribution in [0.4, 0.5) is 5.69 Å². The second kappa shape index (κ2) is 6.39. The third-order valence-electron chi connectivity index (χ3n) is 4.74. The Morgan fingerprint density at radius 2 is 1.84 bits per heavy atom. The lowest BCUT2D eigenvalue weighted by molar-refractivity contribution is -0.135. The van der Waals surface area contributed by atoms with E-state index in [1.54, 1.807) is 37.4 Å². The summed E-state index contributed by atoms with van der Waals surface area (Å²) in [5.41, 5.74) is 0.889. The van der Waals surface area contributed by atoms with Crippen molar-refractivity contribution in [2.24, 2.45) is 0 Å². The Morgan fingerprint density at radius 3 is 2.44 bits per heavy atom. The predicted molar refractivity (Wildman–Crippen MR) is 101 cm³/mol. The minimum Gasteiger partial charge on any atom is -0.375 e. The summed E-state index contributed by atoms with van der Waals surface area (Å²) in [7, 11) is 1.61. The first-order valence-corrected chi connectivity index (χ1v) is 8.97. The van der Waals surface area contributed by atoms with Gasteiger partial charge in [-0.05, 0) is 29.7 Å². The summed E-state index contributed by atoms with van der Waals surface area (Å²) in [6.45, 7) is 4.17. The van der Waals surface area contributed by atoms with E-state index < -0.39 is 11.5 Å². The molecular weight excluding hydrogens is 382 g/mol. The van der Waals surface area contributed by atoms with Crippen molar-refractivity contribution in [3.63, 3.8) is 0 Å². The maximum absolute atomic E-state index is 12.7. The molecule has 0 unspecified atom stereocenters. The second-order valence-corrected chi connectivity index (χ2v) is 7.68. The van der Waals surface area contributed by atoms with Gasteiger partial charge in [0.25, 0.3) is 5.91 Å². The molecule has 2 aromatic rings.